The first-order chi connectivity index (χ1) is 17.6. The number of hydrogen-bond acceptors (Lipinski definition) is 9. The summed E-state index contributed by atoms with van der Waals surface area (Å²) in [6.45, 7) is 4.85. The van der Waals surface area contributed by atoms with Gasteiger partial charge in [-0.2, -0.15) is 4.31 Å². The van der Waals surface area contributed by atoms with E-state index in [1.165, 1.54) is 5.69 Å². The first kappa shape index (κ1) is 23.5. The van der Waals surface area contributed by atoms with Crippen LogP contribution in [0.15, 0.2) is 42.7 Å². The summed E-state index contributed by atoms with van der Waals surface area (Å²) in [4.78, 5) is 16.2. The van der Waals surface area contributed by atoms with Gasteiger partial charge in [-0.25, -0.2) is 18.4 Å². The summed E-state index contributed by atoms with van der Waals surface area (Å²) in [7, 11) is -3.22. The van der Waals surface area contributed by atoms with Crippen molar-refractivity contribution >= 4 is 32.6 Å². The van der Waals surface area contributed by atoms with Crippen molar-refractivity contribution in [3.63, 3.8) is 0 Å². The van der Waals surface area contributed by atoms with E-state index in [9.17, 15) is 8.42 Å². The number of benzene rings is 1. The Morgan fingerprint density at radius 2 is 1.78 bits per heavy atom. The van der Waals surface area contributed by atoms with Crippen LogP contribution in [0.2, 0.25) is 0 Å². The van der Waals surface area contributed by atoms with Crippen LogP contribution in [0, 0.1) is 0 Å². The Morgan fingerprint density at radius 3 is 2.56 bits per heavy atom. The van der Waals surface area contributed by atoms with Crippen LogP contribution in [0.3, 0.4) is 0 Å². The molecule has 190 valence electrons. The van der Waals surface area contributed by atoms with Gasteiger partial charge in [0.1, 0.15) is 5.52 Å². The largest absolute Gasteiger partial charge is 0.378 e. The van der Waals surface area contributed by atoms with Crippen molar-refractivity contribution in [2.75, 3.05) is 62.8 Å². The third-order valence-electron chi connectivity index (χ3n) is 6.90. The van der Waals surface area contributed by atoms with Crippen molar-refractivity contribution in [2.24, 2.45) is 0 Å². The van der Waals surface area contributed by atoms with E-state index in [1.54, 1.807) is 16.7 Å². The van der Waals surface area contributed by atoms with E-state index in [0.717, 1.165) is 55.9 Å². The maximum absolute atomic E-state index is 12.7. The standard InChI is InChI=1S/C25H30N6O4S/c32-36(33,21-5-6-21)31-11-14-35-20(17-31)16-28-25-24-23(26-7-8-27-24)15-22(29-25)18-1-3-19(4-2-18)30-9-12-34-13-10-30/h1-4,7-8,15,20-21H,5-6,9-14,16-17H2,(H,28,29). The van der Waals surface area contributed by atoms with Gasteiger partial charge in [0, 0.05) is 56.4 Å². The molecule has 4 heterocycles. The molecule has 2 aromatic heterocycles. The van der Waals surface area contributed by atoms with Crippen LogP contribution in [-0.4, -0.2) is 91.6 Å². The number of anilines is 2. The molecule has 3 fully saturated rings. The van der Waals surface area contributed by atoms with Gasteiger partial charge < -0.3 is 19.7 Å². The maximum atomic E-state index is 12.7. The lowest BCUT2D eigenvalue weighted by molar-refractivity contribution is 0.00675. The first-order valence-corrected chi connectivity index (χ1v) is 14.0. The third kappa shape index (κ3) is 4.88. The summed E-state index contributed by atoms with van der Waals surface area (Å²) in [5, 5.41) is 3.15. The Hall–Kier alpha value is -2.86. The molecule has 11 heteroatoms. The zero-order valence-corrected chi connectivity index (χ0v) is 20.9. The van der Waals surface area contributed by atoms with E-state index < -0.39 is 10.0 Å². The van der Waals surface area contributed by atoms with Crippen LogP contribution in [0.1, 0.15) is 12.8 Å². The van der Waals surface area contributed by atoms with Crippen molar-refractivity contribution in [1.29, 1.82) is 0 Å². The lowest BCUT2D eigenvalue weighted by atomic mass is 10.1. The summed E-state index contributed by atoms with van der Waals surface area (Å²) in [5.74, 6) is 0.610. The minimum absolute atomic E-state index is 0.212. The summed E-state index contributed by atoms with van der Waals surface area (Å²) < 4.78 is 38.3. The highest BCUT2D eigenvalue weighted by molar-refractivity contribution is 7.90. The average Bonchev–Trinajstić information content (AvgIpc) is 3.79. The number of pyridine rings is 1. The van der Waals surface area contributed by atoms with Gasteiger partial charge in [-0.05, 0) is 31.0 Å². The van der Waals surface area contributed by atoms with Gasteiger partial charge in [-0.15, -0.1) is 0 Å². The van der Waals surface area contributed by atoms with E-state index in [-0.39, 0.29) is 11.4 Å². The summed E-state index contributed by atoms with van der Waals surface area (Å²) >= 11 is 0. The minimum atomic E-state index is -3.22. The maximum Gasteiger partial charge on any atom is 0.217 e. The van der Waals surface area contributed by atoms with Gasteiger partial charge >= 0.3 is 0 Å². The molecule has 1 unspecified atom stereocenters. The van der Waals surface area contributed by atoms with Crippen LogP contribution in [-0.2, 0) is 19.5 Å². The SMILES string of the molecule is O=S(=O)(C1CC1)N1CCOC(CNc2nc(-c3ccc(N4CCOCC4)cc3)cc3nccnc23)C1. The van der Waals surface area contributed by atoms with Crippen LogP contribution in [0.4, 0.5) is 11.5 Å². The van der Waals surface area contributed by atoms with E-state index in [4.69, 9.17) is 14.5 Å². The number of nitrogens with zero attached hydrogens (tertiary/aromatic N) is 5. The monoisotopic (exact) mass is 510 g/mol. The fourth-order valence-electron chi connectivity index (χ4n) is 4.74. The van der Waals surface area contributed by atoms with Crippen molar-refractivity contribution in [3.05, 3.63) is 42.7 Å². The predicted octanol–water partition coefficient (Wildman–Crippen LogP) is 2.13. The van der Waals surface area contributed by atoms with E-state index in [1.807, 2.05) is 6.07 Å². The second-order valence-electron chi connectivity index (χ2n) is 9.40. The molecular formula is C25H30N6O4S. The third-order valence-corrected chi connectivity index (χ3v) is 9.27. The molecule has 0 bridgehead atoms. The molecule has 0 radical (unpaired) electrons. The van der Waals surface area contributed by atoms with Crippen LogP contribution in [0.5, 0.6) is 0 Å². The normalized spacial score (nSPS) is 21.6. The van der Waals surface area contributed by atoms with E-state index >= 15 is 0 Å². The minimum Gasteiger partial charge on any atom is -0.378 e. The lowest BCUT2D eigenvalue weighted by Crippen LogP contribution is -2.48. The molecular weight excluding hydrogens is 480 g/mol. The van der Waals surface area contributed by atoms with Gasteiger partial charge in [-0.1, -0.05) is 12.1 Å². The molecule has 0 amide bonds. The quantitative estimate of drug-likeness (QED) is 0.511. The number of ether oxygens (including phenoxy) is 2. The molecule has 3 aliphatic rings. The second-order valence-corrected chi connectivity index (χ2v) is 11.6. The number of aromatic nitrogens is 3. The number of nitrogens with one attached hydrogen (secondary N) is 1. The molecule has 36 heavy (non-hydrogen) atoms. The van der Waals surface area contributed by atoms with Gasteiger partial charge in [0.25, 0.3) is 0 Å². The summed E-state index contributed by atoms with van der Waals surface area (Å²) in [6.07, 6.45) is 4.57. The van der Waals surface area contributed by atoms with Gasteiger partial charge in [0.2, 0.25) is 10.0 Å². The van der Waals surface area contributed by atoms with Crippen LogP contribution < -0.4 is 10.2 Å². The van der Waals surface area contributed by atoms with E-state index in [2.05, 4.69) is 44.5 Å². The summed E-state index contributed by atoms with van der Waals surface area (Å²) in [6, 6.07) is 10.3. The molecule has 1 N–H and O–H groups in total. The van der Waals surface area contributed by atoms with Crippen molar-refractivity contribution < 1.29 is 17.9 Å². The Bertz CT molecular complexity index is 1330. The van der Waals surface area contributed by atoms with Crippen molar-refractivity contribution in [1.82, 2.24) is 19.3 Å². The molecule has 1 atom stereocenters. The Labute approximate surface area is 210 Å². The zero-order chi connectivity index (χ0) is 24.5. The lowest BCUT2D eigenvalue weighted by Gasteiger charge is -2.32. The Morgan fingerprint density at radius 1 is 1.00 bits per heavy atom. The van der Waals surface area contributed by atoms with Crippen LogP contribution in [0.25, 0.3) is 22.3 Å². The highest BCUT2D eigenvalue weighted by atomic mass is 32.2. The molecule has 1 saturated carbocycles. The molecule has 0 spiro atoms. The number of hydrogen-bond donors (Lipinski definition) is 1. The second kappa shape index (κ2) is 9.89. The Balaban J connectivity index is 1.21. The van der Waals surface area contributed by atoms with Crippen molar-refractivity contribution in [2.45, 2.75) is 24.2 Å². The fourth-order valence-corrected chi connectivity index (χ4v) is 6.60. The highest BCUT2D eigenvalue weighted by Crippen LogP contribution is 2.32. The van der Waals surface area contributed by atoms with Gasteiger partial charge in [0.15, 0.2) is 5.82 Å². The molecule has 1 aromatic carbocycles. The average molecular weight is 511 g/mol. The summed E-state index contributed by atoms with van der Waals surface area (Å²) in [5.41, 5.74) is 4.36. The molecule has 1 aliphatic carbocycles. The van der Waals surface area contributed by atoms with Gasteiger partial charge in [0.05, 0.1) is 42.4 Å². The van der Waals surface area contributed by atoms with E-state index in [0.29, 0.717) is 37.6 Å². The fraction of sp³-hybridized carbons (Fsp3) is 0.480. The highest BCUT2D eigenvalue weighted by Gasteiger charge is 2.41. The van der Waals surface area contributed by atoms with Crippen molar-refractivity contribution in [3.8, 4) is 11.3 Å². The first-order valence-electron chi connectivity index (χ1n) is 12.5. The molecule has 2 saturated heterocycles. The smallest absolute Gasteiger partial charge is 0.217 e. The number of fused-ring (bicyclic) bond motifs is 1. The van der Waals surface area contributed by atoms with Crippen LogP contribution >= 0.6 is 0 Å². The number of rotatable bonds is 7. The molecule has 10 nitrogen and oxygen atoms in total. The van der Waals surface area contributed by atoms with Gasteiger partial charge in [-0.3, -0.25) is 4.98 Å². The predicted molar refractivity (Wildman–Crippen MR) is 138 cm³/mol. The number of morpholine rings is 2. The Kier molecular flexibility index (Phi) is 6.46. The topological polar surface area (TPSA) is 110 Å². The molecule has 2 aliphatic heterocycles. The molecule has 3 aromatic rings. The molecule has 6 rings (SSSR count). The number of sulfonamides is 1. The zero-order valence-electron chi connectivity index (χ0n) is 20.0.